The molecule has 0 radical (unpaired) electrons. The van der Waals surface area contributed by atoms with E-state index in [1.165, 1.54) is 4.90 Å². The van der Waals surface area contributed by atoms with Crippen LogP contribution in [0.5, 0.6) is 5.75 Å². The number of piperazine rings is 1. The Morgan fingerprint density at radius 1 is 1.16 bits per heavy atom. The lowest BCUT2D eigenvalue weighted by atomic mass is 10.2. The minimum Gasteiger partial charge on any atom is -0.496 e. The first-order valence-corrected chi connectivity index (χ1v) is 11.5. The highest BCUT2D eigenvalue weighted by Gasteiger charge is 2.21. The molecule has 1 aliphatic rings. The molecule has 2 heterocycles. The van der Waals surface area contributed by atoms with Crippen molar-refractivity contribution in [2.75, 3.05) is 57.0 Å². The second-order valence-electron chi connectivity index (χ2n) is 7.28. The topological polar surface area (TPSA) is 65.9 Å². The summed E-state index contributed by atoms with van der Waals surface area (Å²) < 4.78 is 5.45. The fourth-order valence-corrected chi connectivity index (χ4v) is 4.30. The van der Waals surface area contributed by atoms with Crippen molar-refractivity contribution in [1.29, 1.82) is 0 Å². The molecule has 1 aliphatic heterocycles. The molecule has 1 aromatic carbocycles. The van der Waals surface area contributed by atoms with Crippen molar-refractivity contribution in [1.82, 2.24) is 20.2 Å². The summed E-state index contributed by atoms with van der Waals surface area (Å²) in [4.78, 5) is 19.4. The van der Waals surface area contributed by atoms with E-state index in [0.717, 1.165) is 62.7 Å². The van der Waals surface area contributed by atoms with Crippen molar-refractivity contribution in [2.45, 2.75) is 18.7 Å². The smallest absolute Gasteiger partial charge is 0.225 e. The van der Waals surface area contributed by atoms with Gasteiger partial charge in [-0.15, -0.1) is 35.7 Å². The van der Waals surface area contributed by atoms with Gasteiger partial charge >= 0.3 is 0 Å². The van der Waals surface area contributed by atoms with Gasteiger partial charge in [0.15, 0.2) is 5.96 Å². The van der Waals surface area contributed by atoms with E-state index >= 15 is 0 Å². The average Bonchev–Trinajstić information content (AvgIpc) is 2.81. The summed E-state index contributed by atoms with van der Waals surface area (Å²) in [6.07, 6.45) is 3.59. The molecule has 1 unspecified atom stereocenters. The number of nitrogens with one attached hydrogen (secondary N) is 1. The van der Waals surface area contributed by atoms with Gasteiger partial charge in [0, 0.05) is 62.3 Å². The molecule has 0 amide bonds. The number of hydrogen-bond donors (Lipinski definition) is 1. The third kappa shape index (κ3) is 7.71. The zero-order valence-electron chi connectivity index (χ0n) is 18.5. The maximum absolute atomic E-state index is 5.45. The van der Waals surface area contributed by atoms with E-state index in [1.807, 2.05) is 30.0 Å². The molecule has 1 atom stereocenters. The van der Waals surface area contributed by atoms with Gasteiger partial charge in [-0.1, -0.05) is 19.1 Å². The predicted octanol–water partition coefficient (Wildman–Crippen LogP) is 3.62. The van der Waals surface area contributed by atoms with Crippen molar-refractivity contribution in [3.8, 4) is 5.75 Å². The Bertz CT molecular complexity index is 802. The molecule has 9 heteroatoms. The van der Waals surface area contributed by atoms with Crippen LogP contribution in [0.3, 0.4) is 0 Å². The zero-order valence-corrected chi connectivity index (χ0v) is 21.7. The van der Waals surface area contributed by atoms with E-state index in [0.29, 0.717) is 5.92 Å². The van der Waals surface area contributed by atoms with Crippen LogP contribution in [0.25, 0.3) is 0 Å². The van der Waals surface area contributed by atoms with E-state index in [-0.39, 0.29) is 24.0 Å². The predicted molar refractivity (Wildman–Crippen MR) is 140 cm³/mol. The number of rotatable bonds is 8. The van der Waals surface area contributed by atoms with E-state index in [1.54, 1.807) is 19.5 Å². The summed E-state index contributed by atoms with van der Waals surface area (Å²) in [6.45, 7) is 9.65. The van der Waals surface area contributed by atoms with Crippen molar-refractivity contribution in [3.63, 3.8) is 0 Å². The number of thioether (sulfide) groups is 1. The second kappa shape index (κ2) is 13.6. The van der Waals surface area contributed by atoms with Gasteiger partial charge in [0.25, 0.3) is 0 Å². The van der Waals surface area contributed by atoms with Crippen LogP contribution < -0.4 is 15.0 Å². The molecule has 2 aromatic rings. The Hall–Kier alpha value is -1.75. The van der Waals surface area contributed by atoms with Crippen LogP contribution >= 0.6 is 35.7 Å². The quantitative estimate of drug-likeness (QED) is 0.231. The van der Waals surface area contributed by atoms with Crippen molar-refractivity contribution >= 4 is 47.6 Å². The Morgan fingerprint density at radius 3 is 2.55 bits per heavy atom. The number of aromatic nitrogens is 2. The highest BCUT2D eigenvalue weighted by molar-refractivity contribution is 14.0. The summed E-state index contributed by atoms with van der Waals surface area (Å²) in [7, 11) is 1.72. The number of guanidine groups is 1. The fourth-order valence-electron chi connectivity index (χ4n) is 3.26. The molecule has 0 bridgehead atoms. The molecule has 0 aliphatic carbocycles. The lowest BCUT2D eigenvalue weighted by molar-refractivity contribution is 0.369. The first-order chi connectivity index (χ1) is 14.7. The molecule has 31 heavy (non-hydrogen) atoms. The van der Waals surface area contributed by atoms with Crippen molar-refractivity contribution < 1.29 is 4.74 Å². The Labute approximate surface area is 207 Å². The number of aliphatic imine (C=N–C) groups is 1. The highest BCUT2D eigenvalue weighted by Crippen LogP contribution is 2.30. The molecule has 3 rings (SSSR count). The monoisotopic (exact) mass is 556 g/mol. The highest BCUT2D eigenvalue weighted by atomic mass is 127. The van der Waals surface area contributed by atoms with Gasteiger partial charge in [-0.05, 0) is 31.0 Å². The number of nitrogens with zero attached hydrogens (tertiary/aromatic N) is 5. The lowest BCUT2D eigenvalue weighted by Crippen LogP contribution is -2.53. The van der Waals surface area contributed by atoms with E-state index in [9.17, 15) is 0 Å². The minimum absolute atomic E-state index is 0. The first kappa shape index (κ1) is 25.5. The molecule has 170 valence electrons. The van der Waals surface area contributed by atoms with Crippen molar-refractivity contribution in [3.05, 3.63) is 42.7 Å². The van der Waals surface area contributed by atoms with Gasteiger partial charge in [-0.2, -0.15) is 0 Å². The second-order valence-corrected chi connectivity index (χ2v) is 8.35. The maximum atomic E-state index is 5.45. The molecule has 0 spiro atoms. The maximum Gasteiger partial charge on any atom is 0.225 e. The summed E-state index contributed by atoms with van der Waals surface area (Å²) in [6, 6.07) is 10.0. The van der Waals surface area contributed by atoms with Crippen LogP contribution in [0.2, 0.25) is 0 Å². The Balaban J connectivity index is 0.00000341. The van der Waals surface area contributed by atoms with Gasteiger partial charge in [-0.25, -0.2) is 9.97 Å². The number of para-hydroxylation sites is 1. The summed E-state index contributed by atoms with van der Waals surface area (Å²) >= 11 is 1.83. The van der Waals surface area contributed by atoms with Crippen LogP contribution in [-0.2, 0) is 0 Å². The van der Waals surface area contributed by atoms with Crippen LogP contribution in [0.4, 0.5) is 5.95 Å². The fraction of sp³-hybridized carbons (Fsp3) is 0.500. The average molecular weight is 557 g/mol. The third-order valence-corrected chi connectivity index (χ3v) is 6.28. The van der Waals surface area contributed by atoms with Crippen molar-refractivity contribution in [2.24, 2.45) is 10.9 Å². The molecule has 1 fully saturated rings. The number of benzene rings is 1. The molecule has 1 saturated heterocycles. The summed E-state index contributed by atoms with van der Waals surface area (Å²) in [5, 5.41) is 3.45. The molecular formula is C22H33IN6OS. The molecular weight excluding hydrogens is 523 g/mol. The number of halogens is 1. The standard InChI is InChI=1S/C22H32N6OS.HI/c1-4-23-21(27-12-14-28(15-13-27)22-24-10-7-11-25-22)26-16-18(2)17-30-20-9-6-5-8-19(20)29-3;/h5-11,18H,4,12-17H2,1-3H3,(H,23,26);1H. The number of anilines is 1. The Kier molecular flexibility index (Phi) is 11.2. The van der Waals surface area contributed by atoms with Gasteiger partial charge < -0.3 is 19.9 Å². The van der Waals surface area contributed by atoms with Gasteiger partial charge in [0.2, 0.25) is 5.95 Å². The van der Waals surface area contributed by atoms with Crippen LogP contribution in [0.15, 0.2) is 52.6 Å². The largest absolute Gasteiger partial charge is 0.496 e. The van der Waals surface area contributed by atoms with Crippen LogP contribution in [0.1, 0.15) is 13.8 Å². The molecule has 1 aromatic heterocycles. The lowest BCUT2D eigenvalue weighted by Gasteiger charge is -2.36. The minimum atomic E-state index is 0. The number of ether oxygens (including phenoxy) is 1. The zero-order chi connectivity index (χ0) is 21.2. The van der Waals surface area contributed by atoms with Gasteiger partial charge in [0.1, 0.15) is 5.75 Å². The third-order valence-electron chi connectivity index (χ3n) is 4.89. The number of methoxy groups -OCH3 is 1. The van der Waals surface area contributed by atoms with Gasteiger partial charge in [0.05, 0.1) is 7.11 Å². The van der Waals surface area contributed by atoms with Crippen LogP contribution in [-0.4, -0.2) is 73.0 Å². The normalized spacial score (nSPS) is 15.3. The summed E-state index contributed by atoms with van der Waals surface area (Å²) in [5.41, 5.74) is 0. The van der Waals surface area contributed by atoms with E-state index in [2.05, 4.69) is 51.1 Å². The molecule has 7 nitrogen and oxygen atoms in total. The summed E-state index contributed by atoms with van der Waals surface area (Å²) in [5.74, 6) is 4.21. The first-order valence-electron chi connectivity index (χ1n) is 10.5. The molecule has 0 saturated carbocycles. The SMILES string of the molecule is CCNC(=NCC(C)CSc1ccccc1OC)N1CCN(c2ncccn2)CC1.I. The van der Waals surface area contributed by atoms with Crippen LogP contribution in [0, 0.1) is 5.92 Å². The number of hydrogen-bond acceptors (Lipinski definition) is 6. The van der Waals surface area contributed by atoms with E-state index < -0.39 is 0 Å². The molecule has 1 N–H and O–H groups in total. The van der Waals surface area contributed by atoms with E-state index in [4.69, 9.17) is 9.73 Å². The Morgan fingerprint density at radius 2 is 1.87 bits per heavy atom. The van der Waals surface area contributed by atoms with Gasteiger partial charge in [-0.3, -0.25) is 4.99 Å².